The van der Waals surface area contributed by atoms with E-state index in [0.29, 0.717) is 5.92 Å². The number of hydrogen-bond acceptors (Lipinski definition) is 3. The zero-order chi connectivity index (χ0) is 15.0. The maximum absolute atomic E-state index is 12.3. The lowest BCUT2D eigenvalue weighted by Gasteiger charge is -2.19. The average molecular weight is 288 g/mol. The second kappa shape index (κ2) is 5.37. The largest absolute Gasteiger partial charge is 0.349 e. The maximum atomic E-state index is 12.3. The first-order valence-corrected chi connectivity index (χ1v) is 7.27. The summed E-state index contributed by atoms with van der Waals surface area (Å²) in [5.74, 6) is 0.478. The van der Waals surface area contributed by atoms with Crippen molar-refractivity contribution in [3.05, 3.63) is 34.2 Å². The van der Waals surface area contributed by atoms with Crippen LogP contribution in [0.25, 0.3) is 11.0 Å². The molecule has 3 atom stereocenters. The smallest absolute Gasteiger partial charge is 0.323 e. The van der Waals surface area contributed by atoms with Crippen LogP contribution in [0.3, 0.4) is 0 Å². The number of benzene rings is 1. The predicted octanol–water partition coefficient (Wildman–Crippen LogP) is 0.889. The quantitative estimate of drug-likeness (QED) is 0.676. The molecule has 1 saturated heterocycles. The molecule has 6 nitrogen and oxygen atoms in total. The van der Waals surface area contributed by atoms with Gasteiger partial charge in [-0.1, -0.05) is 13.0 Å². The van der Waals surface area contributed by atoms with E-state index in [1.807, 2.05) is 25.1 Å². The van der Waals surface area contributed by atoms with Gasteiger partial charge in [-0.15, -0.1) is 0 Å². The number of amides is 1. The third-order valence-electron chi connectivity index (χ3n) is 4.25. The van der Waals surface area contributed by atoms with Gasteiger partial charge in [-0.05, 0) is 37.1 Å². The zero-order valence-corrected chi connectivity index (χ0v) is 12.2. The van der Waals surface area contributed by atoms with Gasteiger partial charge in [0.2, 0.25) is 5.91 Å². The third kappa shape index (κ3) is 2.71. The summed E-state index contributed by atoms with van der Waals surface area (Å²) < 4.78 is 0. The number of carbonyl (C=O) groups excluding carboxylic acids is 1. The summed E-state index contributed by atoms with van der Waals surface area (Å²) in [6.07, 6.45) is 0. The Morgan fingerprint density at radius 2 is 2.05 bits per heavy atom. The Bertz CT molecular complexity index is 718. The molecule has 1 aliphatic heterocycles. The molecule has 1 aromatic carbocycles. The van der Waals surface area contributed by atoms with Crippen LogP contribution in [0.1, 0.15) is 25.5 Å². The van der Waals surface area contributed by atoms with E-state index in [1.165, 1.54) is 0 Å². The molecule has 0 aliphatic carbocycles. The Kier molecular flexibility index (Phi) is 3.55. The monoisotopic (exact) mass is 288 g/mol. The summed E-state index contributed by atoms with van der Waals surface area (Å²) in [4.78, 5) is 29.0. The van der Waals surface area contributed by atoms with E-state index in [0.717, 1.165) is 29.7 Å². The number of aromatic amines is 2. The van der Waals surface area contributed by atoms with Gasteiger partial charge in [-0.2, -0.15) is 0 Å². The van der Waals surface area contributed by atoms with E-state index in [2.05, 4.69) is 27.5 Å². The Balaban J connectivity index is 1.75. The second-order valence-corrected chi connectivity index (χ2v) is 5.86. The molecule has 1 aromatic heterocycles. The van der Waals surface area contributed by atoms with Crippen LogP contribution >= 0.6 is 0 Å². The second-order valence-electron chi connectivity index (χ2n) is 5.86. The molecule has 112 valence electrons. The molecule has 4 N–H and O–H groups in total. The Morgan fingerprint density at radius 3 is 2.76 bits per heavy atom. The maximum Gasteiger partial charge on any atom is 0.323 e. The summed E-state index contributed by atoms with van der Waals surface area (Å²) in [7, 11) is 0. The molecule has 1 amide bonds. The minimum Gasteiger partial charge on any atom is -0.349 e. The van der Waals surface area contributed by atoms with Gasteiger partial charge in [0, 0.05) is 6.54 Å². The zero-order valence-electron chi connectivity index (χ0n) is 12.2. The number of hydrogen-bond donors (Lipinski definition) is 4. The molecule has 1 aliphatic rings. The first-order valence-electron chi connectivity index (χ1n) is 7.27. The SMILES string of the molecule is CC(NC(=O)C1CNCC1C)c1ccc2[nH]c(=O)[nH]c2c1. The molecule has 2 heterocycles. The van der Waals surface area contributed by atoms with Gasteiger partial charge in [0.05, 0.1) is 23.0 Å². The van der Waals surface area contributed by atoms with Crippen LogP contribution in [0, 0.1) is 11.8 Å². The van der Waals surface area contributed by atoms with Crippen molar-refractivity contribution in [3.63, 3.8) is 0 Å². The predicted molar refractivity (Wildman–Crippen MR) is 81.0 cm³/mol. The van der Waals surface area contributed by atoms with Crippen LogP contribution in [0.15, 0.2) is 23.0 Å². The van der Waals surface area contributed by atoms with Crippen LogP contribution in [-0.2, 0) is 4.79 Å². The van der Waals surface area contributed by atoms with Crippen LogP contribution in [-0.4, -0.2) is 29.0 Å². The number of nitrogens with one attached hydrogen (secondary N) is 4. The van der Waals surface area contributed by atoms with Gasteiger partial charge in [0.1, 0.15) is 0 Å². The first-order chi connectivity index (χ1) is 10.0. The number of aromatic nitrogens is 2. The van der Waals surface area contributed by atoms with E-state index in [1.54, 1.807) is 0 Å². The van der Waals surface area contributed by atoms with E-state index in [-0.39, 0.29) is 23.6 Å². The fourth-order valence-electron chi connectivity index (χ4n) is 2.88. The molecule has 21 heavy (non-hydrogen) atoms. The summed E-state index contributed by atoms with van der Waals surface area (Å²) in [5, 5.41) is 6.30. The Morgan fingerprint density at radius 1 is 1.29 bits per heavy atom. The van der Waals surface area contributed by atoms with Gasteiger partial charge in [-0.25, -0.2) is 4.79 Å². The molecule has 3 rings (SSSR count). The van der Waals surface area contributed by atoms with Crippen LogP contribution < -0.4 is 16.3 Å². The number of carbonyl (C=O) groups is 1. The molecule has 0 bridgehead atoms. The molecule has 1 fully saturated rings. The lowest BCUT2D eigenvalue weighted by molar-refractivity contribution is -0.126. The summed E-state index contributed by atoms with van der Waals surface area (Å²) >= 11 is 0. The molecule has 0 saturated carbocycles. The van der Waals surface area contributed by atoms with Gasteiger partial charge in [0.25, 0.3) is 0 Å². The van der Waals surface area contributed by atoms with Crippen molar-refractivity contribution in [2.75, 3.05) is 13.1 Å². The number of fused-ring (bicyclic) bond motifs is 1. The number of imidazole rings is 1. The van der Waals surface area contributed by atoms with Crippen molar-refractivity contribution in [2.45, 2.75) is 19.9 Å². The fraction of sp³-hybridized carbons (Fsp3) is 0.467. The fourth-order valence-corrected chi connectivity index (χ4v) is 2.88. The minimum absolute atomic E-state index is 0.0308. The Hall–Kier alpha value is -2.08. The molecular formula is C15H20N4O2. The molecule has 2 aromatic rings. The van der Waals surface area contributed by atoms with E-state index >= 15 is 0 Å². The molecule has 6 heteroatoms. The Labute approximate surface area is 122 Å². The highest BCUT2D eigenvalue weighted by molar-refractivity contribution is 5.80. The first kappa shape index (κ1) is 13.9. The van der Waals surface area contributed by atoms with Crippen molar-refractivity contribution in [1.29, 1.82) is 0 Å². The van der Waals surface area contributed by atoms with Crippen LogP contribution in [0.4, 0.5) is 0 Å². The lowest BCUT2D eigenvalue weighted by Crippen LogP contribution is -2.35. The van der Waals surface area contributed by atoms with Crippen molar-refractivity contribution >= 4 is 16.9 Å². The van der Waals surface area contributed by atoms with Crippen molar-refractivity contribution < 1.29 is 4.79 Å². The molecule has 0 radical (unpaired) electrons. The highest BCUT2D eigenvalue weighted by Crippen LogP contribution is 2.20. The standard InChI is InChI=1S/C15H20N4O2/c1-8-6-16-7-11(8)14(20)17-9(2)10-3-4-12-13(5-10)19-15(21)18-12/h3-5,8-9,11,16H,6-7H2,1-2H3,(H,17,20)(H2,18,19,21). The van der Waals surface area contributed by atoms with E-state index in [4.69, 9.17) is 0 Å². The van der Waals surface area contributed by atoms with Crippen LogP contribution in [0.2, 0.25) is 0 Å². The number of H-pyrrole nitrogens is 2. The van der Waals surface area contributed by atoms with E-state index in [9.17, 15) is 9.59 Å². The van der Waals surface area contributed by atoms with E-state index < -0.39 is 0 Å². The third-order valence-corrected chi connectivity index (χ3v) is 4.25. The average Bonchev–Trinajstić information content (AvgIpc) is 3.02. The topological polar surface area (TPSA) is 89.8 Å². The minimum atomic E-state index is -0.218. The summed E-state index contributed by atoms with van der Waals surface area (Å²) in [5.41, 5.74) is 2.29. The summed E-state index contributed by atoms with van der Waals surface area (Å²) in [6, 6.07) is 5.58. The summed E-state index contributed by atoms with van der Waals surface area (Å²) in [6.45, 7) is 5.68. The van der Waals surface area contributed by atoms with Gasteiger partial charge < -0.3 is 20.6 Å². The van der Waals surface area contributed by atoms with Gasteiger partial charge >= 0.3 is 5.69 Å². The van der Waals surface area contributed by atoms with Crippen molar-refractivity contribution in [3.8, 4) is 0 Å². The molecular weight excluding hydrogens is 268 g/mol. The highest BCUT2D eigenvalue weighted by Gasteiger charge is 2.30. The van der Waals surface area contributed by atoms with Crippen molar-refractivity contribution in [2.24, 2.45) is 11.8 Å². The normalized spacial score (nSPS) is 23.3. The van der Waals surface area contributed by atoms with Crippen LogP contribution in [0.5, 0.6) is 0 Å². The molecule has 3 unspecified atom stereocenters. The number of rotatable bonds is 3. The lowest BCUT2D eigenvalue weighted by atomic mass is 9.96. The van der Waals surface area contributed by atoms with Gasteiger partial charge in [-0.3, -0.25) is 4.79 Å². The van der Waals surface area contributed by atoms with Gasteiger partial charge in [0.15, 0.2) is 0 Å². The van der Waals surface area contributed by atoms with Crippen molar-refractivity contribution in [1.82, 2.24) is 20.6 Å². The highest BCUT2D eigenvalue weighted by atomic mass is 16.2. The molecule has 0 spiro atoms.